The Hall–Kier alpha value is -1.31. The number of aliphatic carboxylic acids is 1. The number of hydrogen-bond acceptors (Lipinski definition) is 3. The zero-order chi connectivity index (χ0) is 15.9. The van der Waals surface area contributed by atoms with Crippen LogP contribution in [0.15, 0.2) is 0 Å². The van der Waals surface area contributed by atoms with E-state index in [1.54, 1.807) is 4.90 Å². The third kappa shape index (κ3) is 7.89. The average molecular weight is 310 g/mol. The fourth-order valence-corrected chi connectivity index (χ4v) is 2.40. The van der Waals surface area contributed by atoms with E-state index in [4.69, 9.17) is 5.11 Å². The van der Waals surface area contributed by atoms with Gasteiger partial charge in [-0.2, -0.15) is 13.2 Å². The number of carboxylic acid groups (broad SMARTS) is 1. The van der Waals surface area contributed by atoms with Crippen LogP contribution in [0.4, 0.5) is 13.2 Å². The fourth-order valence-electron chi connectivity index (χ4n) is 2.40. The van der Waals surface area contributed by atoms with Crippen molar-refractivity contribution < 1.29 is 27.9 Å². The van der Waals surface area contributed by atoms with Gasteiger partial charge in [-0.15, -0.1) is 0 Å². The predicted molar refractivity (Wildman–Crippen MR) is 69.8 cm³/mol. The van der Waals surface area contributed by atoms with Crippen molar-refractivity contribution in [3.05, 3.63) is 0 Å². The van der Waals surface area contributed by atoms with Crippen LogP contribution >= 0.6 is 0 Å². The Morgan fingerprint density at radius 1 is 1.00 bits per heavy atom. The number of carbonyl (C=O) groups excluding carboxylic acids is 1. The smallest absolute Gasteiger partial charge is 0.401 e. The second kappa shape index (κ2) is 8.21. The highest BCUT2D eigenvalue weighted by molar-refractivity contribution is 5.79. The van der Waals surface area contributed by atoms with Gasteiger partial charge in [-0.05, 0) is 12.8 Å². The third-order valence-corrected chi connectivity index (χ3v) is 3.33. The molecule has 1 N–H and O–H groups in total. The van der Waals surface area contributed by atoms with Crippen molar-refractivity contribution in [3.8, 4) is 0 Å². The van der Waals surface area contributed by atoms with Gasteiger partial charge in [-0.1, -0.05) is 19.3 Å². The van der Waals surface area contributed by atoms with E-state index in [2.05, 4.69) is 0 Å². The molecule has 1 fully saturated rings. The summed E-state index contributed by atoms with van der Waals surface area (Å²) in [6.45, 7) is -1.62. The molecule has 0 spiro atoms. The molecule has 0 atom stereocenters. The van der Waals surface area contributed by atoms with Gasteiger partial charge in [0.25, 0.3) is 0 Å². The zero-order valence-electron chi connectivity index (χ0n) is 11.9. The van der Waals surface area contributed by atoms with E-state index in [9.17, 15) is 22.8 Å². The van der Waals surface area contributed by atoms with Crippen molar-refractivity contribution in [2.45, 2.75) is 38.3 Å². The predicted octanol–water partition coefficient (Wildman–Crippen LogP) is 1.73. The van der Waals surface area contributed by atoms with E-state index in [1.165, 1.54) is 0 Å². The maximum Gasteiger partial charge on any atom is 0.401 e. The first-order valence-corrected chi connectivity index (χ1v) is 7.06. The molecule has 0 saturated carbocycles. The second-order valence-corrected chi connectivity index (χ2v) is 5.30. The standard InChI is InChI=1S/C13H21F3N2O3/c14-13(15,16)10-17(9-12(20)21)8-11(19)18-6-4-2-1-3-5-7-18/h1-10H2,(H,20,21). The monoisotopic (exact) mass is 310 g/mol. The Kier molecular flexibility index (Phi) is 6.94. The summed E-state index contributed by atoms with van der Waals surface area (Å²) in [6, 6.07) is 0. The van der Waals surface area contributed by atoms with Gasteiger partial charge in [0.2, 0.25) is 5.91 Å². The fraction of sp³-hybridized carbons (Fsp3) is 0.846. The lowest BCUT2D eigenvalue weighted by Gasteiger charge is -2.28. The van der Waals surface area contributed by atoms with E-state index in [-0.39, 0.29) is 0 Å². The highest BCUT2D eigenvalue weighted by atomic mass is 19.4. The summed E-state index contributed by atoms with van der Waals surface area (Å²) in [5.41, 5.74) is 0. The molecule has 1 aliphatic rings. The summed E-state index contributed by atoms with van der Waals surface area (Å²) in [5.74, 6) is -1.80. The maximum absolute atomic E-state index is 12.4. The van der Waals surface area contributed by atoms with Crippen molar-refractivity contribution in [2.24, 2.45) is 0 Å². The Balaban J connectivity index is 2.58. The van der Waals surface area contributed by atoms with E-state index >= 15 is 0 Å². The first-order valence-electron chi connectivity index (χ1n) is 7.06. The summed E-state index contributed by atoms with van der Waals surface area (Å²) >= 11 is 0. The maximum atomic E-state index is 12.4. The topological polar surface area (TPSA) is 60.9 Å². The van der Waals surface area contributed by atoms with Crippen LogP contribution in [0.25, 0.3) is 0 Å². The molecule has 1 aliphatic heterocycles. The molecule has 0 aromatic heterocycles. The number of halogens is 3. The number of nitrogens with zero attached hydrogens (tertiary/aromatic N) is 2. The lowest BCUT2D eigenvalue weighted by molar-refractivity contribution is -0.157. The second-order valence-electron chi connectivity index (χ2n) is 5.30. The highest BCUT2D eigenvalue weighted by Crippen LogP contribution is 2.17. The lowest BCUT2D eigenvalue weighted by Crippen LogP contribution is -2.46. The molecule has 122 valence electrons. The number of hydrogen-bond donors (Lipinski definition) is 1. The van der Waals surface area contributed by atoms with Crippen LogP contribution in [-0.2, 0) is 9.59 Å². The number of alkyl halides is 3. The van der Waals surface area contributed by atoms with Gasteiger partial charge in [0.1, 0.15) is 0 Å². The number of rotatable bonds is 5. The number of amides is 1. The highest BCUT2D eigenvalue weighted by Gasteiger charge is 2.33. The van der Waals surface area contributed by atoms with E-state index < -0.39 is 37.7 Å². The molecule has 1 heterocycles. The molecular weight excluding hydrogens is 289 g/mol. The van der Waals surface area contributed by atoms with E-state index in [1.807, 2.05) is 0 Å². The lowest BCUT2D eigenvalue weighted by atomic mass is 10.1. The Morgan fingerprint density at radius 3 is 2.00 bits per heavy atom. The summed E-state index contributed by atoms with van der Waals surface area (Å²) < 4.78 is 37.2. The quantitative estimate of drug-likeness (QED) is 0.840. The van der Waals surface area contributed by atoms with Crippen molar-refractivity contribution in [1.82, 2.24) is 9.80 Å². The van der Waals surface area contributed by atoms with E-state index in [0.717, 1.165) is 32.1 Å². The molecule has 21 heavy (non-hydrogen) atoms. The largest absolute Gasteiger partial charge is 0.480 e. The third-order valence-electron chi connectivity index (χ3n) is 3.33. The molecular formula is C13H21F3N2O3. The minimum Gasteiger partial charge on any atom is -0.480 e. The van der Waals surface area contributed by atoms with Gasteiger partial charge < -0.3 is 10.0 Å². The van der Waals surface area contributed by atoms with Gasteiger partial charge in [-0.3, -0.25) is 14.5 Å². The van der Waals surface area contributed by atoms with Crippen LogP contribution in [0.5, 0.6) is 0 Å². The molecule has 5 nitrogen and oxygen atoms in total. The SMILES string of the molecule is O=C(O)CN(CC(=O)N1CCCCCCC1)CC(F)(F)F. The van der Waals surface area contributed by atoms with Crippen LogP contribution in [0.1, 0.15) is 32.1 Å². The van der Waals surface area contributed by atoms with Crippen LogP contribution in [0, 0.1) is 0 Å². The molecule has 8 heteroatoms. The first-order chi connectivity index (χ1) is 9.78. The van der Waals surface area contributed by atoms with Gasteiger partial charge in [0.15, 0.2) is 0 Å². The van der Waals surface area contributed by atoms with Gasteiger partial charge in [0.05, 0.1) is 19.6 Å². The number of carboxylic acids is 1. The first kappa shape index (κ1) is 17.7. The molecule has 1 amide bonds. The molecule has 1 saturated heterocycles. The van der Waals surface area contributed by atoms with Crippen molar-refractivity contribution in [2.75, 3.05) is 32.7 Å². The summed E-state index contributed by atoms with van der Waals surface area (Å²) in [4.78, 5) is 24.9. The van der Waals surface area contributed by atoms with Gasteiger partial charge in [-0.25, -0.2) is 0 Å². The van der Waals surface area contributed by atoms with Crippen LogP contribution in [0.2, 0.25) is 0 Å². The summed E-state index contributed by atoms with van der Waals surface area (Å²) in [7, 11) is 0. The van der Waals surface area contributed by atoms with Crippen molar-refractivity contribution in [3.63, 3.8) is 0 Å². The van der Waals surface area contributed by atoms with Crippen LogP contribution in [-0.4, -0.2) is 65.7 Å². The Bertz CT molecular complexity index is 353. The normalized spacial score (nSPS) is 17.4. The van der Waals surface area contributed by atoms with Crippen molar-refractivity contribution >= 4 is 11.9 Å². The van der Waals surface area contributed by atoms with Gasteiger partial charge >= 0.3 is 12.1 Å². The zero-order valence-corrected chi connectivity index (χ0v) is 11.9. The minimum absolute atomic E-state index is 0.428. The summed E-state index contributed by atoms with van der Waals surface area (Å²) in [6.07, 6.45) is 0.275. The average Bonchev–Trinajstić information content (AvgIpc) is 2.24. The Morgan fingerprint density at radius 2 is 1.52 bits per heavy atom. The van der Waals surface area contributed by atoms with Crippen LogP contribution in [0.3, 0.4) is 0 Å². The van der Waals surface area contributed by atoms with Crippen LogP contribution < -0.4 is 0 Å². The Labute approximate surface area is 121 Å². The molecule has 0 bridgehead atoms. The van der Waals surface area contributed by atoms with Crippen molar-refractivity contribution in [1.29, 1.82) is 0 Å². The number of carbonyl (C=O) groups is 2. The molecule has 0 aromatic carbocycles. The minimum atomic E-state index is -4.52. The molecule has 0 aliphatic carbocycles. The molecule has 1 rings (SSSR count). The van der Waals surface area contributed by atoms with Gasteiger partial charge in [0, 0.05) is 13.1 Å². The van der Waals surface area contributed by atoms with E-state index in [0.29, 0.717) is 18.0 Å². The summed E-state index contributed by atoms with van der Waals surface area (Å²) in [5, 5.41) is 8.65. The molecule has 0 radical (unpaired) electrons. The molecule has 0 unspecified atom stereocenters. The molecule has 0 aromatic rings. The number of likely N-dealkylation sites (tertiary alicyclic amines) is 1.